The molecule has 2 rings (SSSR count). The molecule has 1 saturated heterocycles. The van der Waals surface area contributed by atoms with E-state index < -0.39 is 0 Å². The van der Waals surface area contributed by atoms with Gasteiger partial charge in [0.15, 0.2) is 0 Å². The Hall–Kier alpha value is -0.870. The Bertz CT molecular complexity index is 431. The van der Waals surface area contributed by atoms with Crippen LogP contribution in [0.15, 0.2) is 12.1 Å². The highest BCUT2D eigenvalue weighted by molar-refractivity contribution is 7.13. The van der Waals surface area contributed by atoms with E-state index in [1.165, 1.54) is 11.4 Å². The summed E-state index contributed by atoms with van der Waals surface area (Å²) in [6.45, 7) is 11.8. The number of piperidine rings is 1. The van der Waals surface area contributed by atoms with Gasteiger partial charge in [-0.05, 0) is 50.9 Å². The van der Waals surface area contributed by atoms with Crippen LogP contribution in [-0.2, 0) is 0 Å². The normalized spacial score (nSPS) is 16.9. The van der Waals surface area contributed by atoms with Crippen LogP contribution < -0.4 is 0 Å². The SMILES string of the molecule is CCN(CC)CC1CCN(C(=O)c2ccc(C)s2)CC1. The first-order valence-corrected chi connectivity index (χ1v) is 8.53. The van der Waals surface area contributed by atoms with E-state index in [0.29, 0.717) is 0 Å². The lowest BCUT2D eigenvalue weighted by molar-refractivity contribution is 0.0674. The van der Waals surface area contributed by atoms with Crippen molar-refractivity contribution >= 4 is 17.2 Å². The quantitative estimate of drug-likeness (QED) is 0.832. The van der Waals surface area contributed by atoms with Crippen molar-refractivity contribution in [3.8, 4) is 0 Å². The summed E-state index contributed by atoms with van der Waals surface area (Å²) in [4.78, 5) is 19.0. The number of nitrogens with zero attached hydrogens (tertiary/aromatic N) is 2. The molecular weight excluding hydrogens is 268 g/mol. The molecule has 1 aliphatic rings. The predicted molar refractivity (Wildman–Crippen MR) is 85.5 cm³/mol. The van der Waals surface area contributed by atoms with Crippen LogP contribution in [-0.4, -0.2) is 48.4 Å². The summed E-state index contributed by atoms with van der Waals surface area (Å²) in [5, 5.41) is 0. The van der Waals surface area contributed by atoms with E-state index in [4.69, 9.17) is 0 Å². The molecule has 0 unspecified atom stereocenters. The lowest BCUT2D eigenvalue weighted by Gasteiger charge is -2.34. The van der Waals surface area contributed by atoms with Gasteiger partial charge in [0.25, 0.3) is 5.91 Å². The van der Waals surface area contributed by atoms with Crippen LogP contribution in [0.2, 0.25) is 0 Å². The number of aryl methyl sites for hydroxylation is 1. The number of hydrogen-bond donors (Lipinski definition) is 0. The smallest absolute Gasteiger partial charge is 0.263 e. The lowest BCUT2D eigenvalue weighted by atomic mass is 9.96. The molecule has 1 aromatic rings. The molecule has 0 aromatic carbocycles. The molecule has 0 aliphatic carbocycles. The highest BCUT2D eigenvalue weighted by Gasteiger charge is 2.25. The molecule has 0 N–H and O–H groups in total. The number of carbonyl (C=O) groups excluding carboxylic acids is 1. The zero-order valence-electron chi connectivity index (χ0n) is 12.9. The van der Waals surface area contributed by atoms with Crippen LogP contribution in [0, 0.1) is 12.8 Å². The maximum absolute atomic E-state index is 12.4. The van der Waals surface area contributed by atoms with E-state index in [0.717, 1.165) is 49.8 Å². The molecule has 20 heavy (non-hydrogen) atoms. The third kappa shape index (κ3) is 3.83. The molecule has 0 atom stereocenters. The monoisotopic (exact) mass is 294 g/mol. The van der Waals surface area contributed by atoms with Crippen molar-refractivity contribution in [1.82, 2.24) is 9.80 Å². The van der Waals surface area contributed by atoms with Crippen molar-refractivity contribution in [3.05, 3.63) is 21.9 Å². The van der Waals surface area contributed by atoms with Crippen LogP contribution in [0.1, 0.15) is 41.2 Å². The van der Waals surface area contributed by atoms with Gasteiger partial charge in [0.2, 0.25) is 0 Å². The highest BCUT2D eigenvalue weighted by Crippen LogP contribution is 2.23. The molecule has 4 heteroatoms. The van der Waals surface area contributed by atoms with Gasteiger partial charge in [0.1, 0.15) is 0 Å². The van der Waals surface area contributed by atoms with Gasteiger partial charge in [-0.2, -0.15) is 0 Å². The number of likely N-dealkylation sites (tertiary alicyclic amines) is 1. The maximum atomic E-state index is 12.4. The molecule has 1 amide bonds. The second-order valence-corrected chi connectivity index (χ2v) is 6.92. The summed E-state index contributed by atoms with van der Waals surface area (Å²) in [5.41, 5.74) is 0. The molecular formula is C16H26N2OS. The molecule has 0 saturated carbocycles. The van der Waals surface area contributed by atoms with Crippen LogP contribution in [0.5, 0.6) is 0 Å². The summed E-state index contributed by atoms with van der Waals surface area (Å²) in [7, 11) is 0. The van der Waals surface area contributed by atoms with Crippen molar-refractivity contribution < 1.29 is 4.79 Å². The topological polar surface area (TPSA) is 23.6 Å². The van der Waals surface area contributed by atoms with E-state index in [1.54, 1.807) is 11.3 Å². The van der Waals surface area contributed by atoms with E-state index in [1.807, 2.05) is 17.0 Å². The molecule has 112 valence electrons. The zero-order valence-corrected chi connectivity index (χ0v) is 13.7. The van der Waals surface area contributed by atoms with Gasteiger partial charge in [0, 0.05) is 24.5 Å². The van der Waals surface area contributed by atoms with Gasteiger partial charge in [-0.1, -0.05) is 13.8 Å². The van der Waals surface area contributed by atoms with E-state index in [9.17, 15) is 4.79 Å². The average molecular weight is 294 g/mol. The van der Waals surface area contributed by atoms with Crippen molar-refractivity contribution in [2.45, 2.75) is 33.6 Å². The predicted octanol–water partition coefficient (Wildman–Crippen LogP) is 3.25. The minimum atomic E-state index is 0.226. The molecule has 1 aliphatic heterocycles. The number of hydrogen-bond acceptors (Lipinski definition) is 3. The van der Waals surface area contributed by atoms with Gasteiger partial charge >= 0.3 is 0 Å². The summed E-state index contributed by atoms with van der Waals surface area (Å²) >= 11 is 1.61. The van der Waals surface area contributed by atoms with Crippen molar-refractivity contribution in [2.75, 3.05) is 32.7 Å². The second kappa shape index (κ2) is 7.23. The first-order chi connectivity index (χ1) is 9.63. The van der Waals surface area contributed by atoms with E-state index >= 15 is 0 Å². The number of amides is 1. The summed E-state index contributed by atoms with van der Waals surface area (Å²) in [5.74, 6) is 0.980. The summed E-state index contributed by atoms with van der Waals surface area (Å²) in [6, 6.07) is 4.00. The molecule has 1 aromatic heterocycles. The maximum Gasteiger partial charge on any atom is 0.263 e. The second-order valence-electron chi connectivity index (χ2n) is 5.63. The Morgan fingerprint density at radius 3 is 2.45 bits per heavy atom. The van der Waals surface area contributed by atoms with Crippen molar-refractivity contribution in [3.63, 3.8) is 0 Å². The Balaban J connectivity index is 1.83. The van der Waals surface area contributed by atoms with Gasteiger partial charge in [0.05, 0.1) is 4.88 Å². The summed E-state index contributed by atoms with van der Waals surface area (Å²) < 4.78 is 0. The van der Waals surface area contributed by atoms with Gasteiger partial charge in [-0.15, -0.1) is 11.3 Å². The van der Waals surface area contributed by atoms with Gasteiger partial charge in [-0.3, -0.25) is 4.79 Å². The molecule has 0 spiro atoms. The van der Waals surface area contributed by atoms with Gasteiger partial charge < -0.3 is 9.80 Å². The van der Waals surface area contributed by atoms with Crippen molar-refractivity contribution in [1.29, 1.82) is 0 Å². The Morgan fingerprint density at radius 1 is 1.30 bits per heavy atom. The van der Waals surface area contributed by atoms with Crippen LogP contribution in [0.25, 0.3) is 0 Å². The fourth-order valence-electron chi connectivity index (χ4n) is 2.87. The van der Waals surface area contributed by atoms with E-state index in [-0.39, 0.29) is 5.91 Å². The average Bonchev–Trinajstić information content (AvgIpc) is 2.91. The Morgan fingerprint density at radius 2 is 1.95 bits per heavy atom. The Kier molecular flexibility index (Phi) is 5.61. The first kappa shape index (κ1) is 15.5. The van der Waals surface area contributed by atoms with E-state index in [2.05, 4.69) is 25.7 Å². The molecule has 0 bridgehead atoms. The Labute approximate surface area is 126 Å². The summed E-state index contributed by atoms with van der Waals surface area (Å²) in [6.07, 6.45) is 2.29. The molecule has 0 radical (unpaired) electrons. The molecule has 2 heterocycles. The number of carbonyl (C=O) groups is 1. The molecule has 1 fully saturated rings. The number of thiophene rings is 1. The van der Waals surface area contributed by atoms with Crippen LogP contribution in [0.3, 0.4) is 0 Å². The minimum absolute atomic E-state index is 0.226. The minimum Gasteiger partial charge on any atom is -0.338 e. The molecule has 3 nitrogen and oxygen atoms in total. The highest BCUT2D eigenvalue weighted by atomic mass is 32.1. The first-order valence-electron chi connectivity index (χ1n) is 7.72. The zero-order chi connectivity index (χ0) is 14.5. The lowest BCUT2D eigenvalue weighted by Crippen LogP contribution is -2.41. The fourth-order valence-corrected chi connectivity index (χ4v) is 3.71. The van der Waals surface area contributed by atoms with Crippen LogP contribution >= 0.6 is 11.3 Å². The van der Waals surface area contributed by atoms with Gasteiger partial charge in [-0.25, -0.2) is 0 Å². The third-order valence-corrected chi connectivity index (χ3v) is 5.25. The fraction of sp³-hybridized carbons (Fsp3) is 0.688. The third-order valence-electron chi connectivity index (χ3n) is 4.26. The standard InChI is InChI=1S/C16H26N2OS/c1-4-17(5-2)12-14-8-10-18(11-9-14)16(19)15-7-6-13(3)20-15/h6-7,14H,4-5,8-12H2,1-3H3. The number of rotatable bonds is 5. The van der Waals surface area contributed by atoms with Crippen molar-refractivity contribution in [2.24, 2.45) is 5.92 Å². The largest absolute Gasteiger partial charge is 0.338 e. The van der Waals surface area contributed by atoms with Crippen LogP contribution in [0.4, 0.5) is 0 Å².